The van der Waals surface area contributed by atoms with E-state index < -0.39 is 12.2 Å². The SMILES string of the molecule is [N-]=[N+]=NCCOCCOCC(COCCOCCN=[N+]=[N-])OC(=O)n1ccnc1. The Balaban J connectivity index is 2.26. The third-order valence-corrected chi connectivity index (χ3v) is 3.13. The summed E-state index contributed by atoms with van der Waals surface area (Å²) in [4.78, 5) is 21.1. The predicted octanol–water partition coefficient (Wildman–Crippen LogP) is 1.92. The fourth-order valence-electron chi connectivity index (χ4n) is 1.86. The molecule has 0 radical (unpaired) electrons. The molecule has 1 rings (SSSR count). The maximum absolute atomic E-state index is 12.0. The molecule has 0 spiro atoms. The molecule has 0 unspecified atom stereocenters. The zero-order chi connectivity index (χ0) is 21.0. The van der Waals surface area contributed by atoms with Gasteiger partial charge in [0.1, 0.15) is 6.33 Å². The molecule has 0 fully saturated rings. The van der Waals surface area contributed by atoms with Crippen LogP contribution in [0.25, 0.3) is 20.9 Å². The van der Waals surface area contributed by atoms with E-state index in [2.05, 4.69) is 25.0 Å². The van der Waals surface area contributed by atoms with Crippen molar-refractivity contribution in [2.24, 2.45) is 10.2 Å². The molecule has 0 aromatic carbocycles. The Labute approximate surface area is 166 Å². The van der Waals surface area contributed by atoms with E-state index >= 15 is 0 Å². The highest BCUT2D eigenvalue weighted by molar-refractivity contribution is 5.70. The van der Waals surface area contributed by atoms with E-state index in [-0.39, 0.29) is 39.5 Å². The van der Waals surface area contributed by atoms with E-state index in [1.807, 2.05) is 0 Å². The summed E-state index contributed by atoms with van der Waals surface area (Å²) in [6.07, 6.45) is 3.02. The molecule has 0 aliphatic heterocycles. The summed E-state index contributed by atoms with van der Waals surface area (Å²) in [7, 11) is 0. The van der Waals surface area contributed by atoms with Crippen molar-refractivity contribution in [1.82, 2.24) is 9.55 Å². The number of imidazole rings is 1. The Morgan fingerprint density at radius 2 is 1.48 bits per heavy atom. The molecule has 0 aliphatic carbocycles. The predicted molar refractivity (Wildman–Crippen MR) is 99.2 cm³/mol. The number of hydrogen-bond donors (Lipinski definition) is 0. The van der Waals surface area contributed by atoms with Gasteiger partial charge in [0.2, 0.25) is 0 Å². The number of carbonyl (C=O) groups is 1. The van der Waals surface area contributed by atoms with Crippen molar-refractivity contribution in [2.45, 2.75) is 6.10 Å². The summed E-state index contributed by atoms with van der Waals surface area (Å²) in [6, 6.07) is 0. The normalized spacial score (nSPS) is 11.3. The van der Waals surface area contributed by atoms with Crippen molar-refractivity contribution in [1.29, 1.82) is 0 Å². The van der Waals surface area contributed by atoms with Gasteiger partial charge in [0.15, 0.2) is 6.10 Å². The number of hydrogen-bond acceptors (Lipinski definition) is 9. The topological polar surface area (TPSA) is 179 Å². The lowest BCUT2D eigenvalue weighted by atomic mass is 10.4. The van der Waals surface area contributed by atoms with Crippen molar-refractivity contribution in [3.8, 4) is 0 Å². The smallest absolute Gasteiger partial charge is 0.419 e. The lowest BCUT2D eigenvalue weighted by Gasteiger charge is -2.18. The highest BCUT2D eigenvalue weighted by Gasteiger charge is 2.16. The lowest BCUT2D eigenvalue weighted by Crippen LogP contribution is -2.31. The second-order valence-electron chi connectivity index (χ2n) is 5.26. The summed E-state index contributed by atoms with van der Waals surface area (Å²) in [6.45, 7) is 2.49. The first-order valence-electron chi connectivity index (χ1n) is 8.79. The molecule has 1 aromatic heterocycles. The number of aromatic nitrogens is 2. The van der Waals surface area contributed by atoms with Gasteiger partial charge in [0.25, 0.3) is 0 Å². The minimum Gasteiger partial charge on any atom is -0.441 e. The van der Waals surface area contributed by atoms with Crippen LogP contribution in [0.5, 0.6) is 0 Å². The molecule has 0 saturated carbocycles. The Morgan fingerprint density at radius 3 is 1.97 bits per heavy atom. The Bertz CT molecular complexity index is 613. The van der Waals surface area contributed by atoms with Gasteiger partial charge in [-0.3, -0.25) is 0 Å². The van der Waals surface area contributed by atoms with Crippen LogP contribution in [0, 0.1) is 0 Å². The first-order valence-corrected chi connectivity index (χ1v) is 8.79. The maximum Gasteiger partial charge on any atom is 0.419 e. The standard InChI is InChI=1S/C15H24N8O6/c16-21-19-2-5-25-7-9-27-11-14(29-15(24)23-4-1-18-13-23)12-28-10-8-26-6-3-20-22-17/h1,4,13-14H,2-3,5-12H2. The third kappa shape index (κ3) is 13.0. The van der Waals surface area contributed by atoms with E-state index in [0.717, 1.165) is 0 Å². The van der Waals surface area contributed by atoms with Gasteiger partial charge >= 0.3 is 6.09 Å². The second kappa shape index (κ2) is 17.3. The molecule has 0 bridgehead atoms. The maximum atomic E-state index is 12.0. The van der Waals surface area contributed by atoms with Crippen molar-refractivity contribution in [2.75, 3.05) is 65.9 Å². The molecular formula is C15H24N8O6. The van der Waals surface area contributed by atoms with Gasteiger partial charge in [-0.25, -0.2) is 14.3 Å². The van der Waals surface area contributed by atoms with Crippen molar-refractivity contribution >= 4 is 6.09 Å². The Kier molecular flexibility index (Phi) is 14.4. The van der Waals surface area contributed by atoms with Crippen LogP contribution in [0.1, 0.15) is 0 Å². The molecule has 0 amide bonds. The van der Waals surface area contributed by atoms with Crippen molar-refractivity contribution < 1.29 is 28.5 Å². The van der Waals surface area contributed by atoms with Crippen LogP contribution in [-0.4, -0.2) is 87.7 Å². The van der Waals surface area contributed by atoms with E-state index in [0.29, 0.717) is 26.4 Å². The summed E-state index contributed by atoms with van der Waals surface area (Å²) >= 11 is 0. The monoisotopic (exact) mass is 412 g/mol. The summed E-state index contributed by atoms with van der Waals surface area (Å²) in [5.74, 6) is 0. The van der Waals surface area contributed by atoms with E-state index in [9.17, 15) is 4.79 Å². The molecule has 0 atom stereocenters. The van der Waals surface area contributed by atoms with Crippen LogP contribution in [0.15, 0.2) is 28.9 Å². The number of carbonyl (C=O) groups excluding carboxylic acids is 1. The average Bonchev–Trinajstić information content (AvgIpc) is 3.26. The highest BCUT2D eigenvalue weighted by Crippen LogP contribution is 2.00. The van der Waals surface area contributed by atoms with Crippen LogP contribution in [0.2, 0.25) is 0 Å². The van der Waals surface area contributed by atoms with Gasteiger partial charge in [-0.15, -0.1) is 0 Å². The van der Waals surface area contributed by atoms with E-state index in [1.54, 1.807) is 0 Å². The fraction of sp³-hybridized carbons (Fsp3) is 0.733. The zero-order valence-corrected chi connectivity index (χ0v) is 15.9. The number of nitrogens with zero attached hydrogens (tertiary/aromatic N) is 8. The molecule has 0 N–H and O–H groups in total. The van der Waals surface area contributed by atoms with Gasteiger partial charge in [0, 0.05) is 35.3 Å². The van der Waals surface area contributed by atoms with Crippen LogP contribution in [-0.2, 0) is 23.7 Å². The zero-order valence-electron chi connectivity index (χ0n) is 15.9. The van der Waals surface area contributed by atoms with Gasteiger partial charge in [-0.2, -0.15) is 0 Å². The van der Waals surface area contributed by atoms with Crippen LogP contribution in [0.3, 0.4) is 0 Å². The molecule has 0 saturated heterocycles. The molecule has 160 valence electrons. The molecule has 0 aliphatic rings. The summed E-state index contributed by atoms with van der Waals surface area (Å²) < 4.78 is 27.9. The molecule has 1 heterocycles. The van der Waals surface area contributed by atoms with E-state index in [1.165, 1.54) is 23.3 Å². The first kappa shape index (κ1) is 24.2. The van der Waals surface area contributed by atoms with Crippen LogP contribution in [0.4, 0.5) is 4.79 Å². The quantitative estimate of drug-likeness (QED) is 0.162. The lowest BCUT2D eigenvalue weighted by molar-refractivity contribution is -0.0461. The van der Waals surface area contributed by atoms with Crippen LogP contribution >= 0.6 is 0 Å². The van der Waals surface area contributed by atoms with Gasteiger partial charge < -0.3 is 23.7 Å². The highest BCUT2D eigenvalue weighted by atomic mass is 16.6. The second-order valence-corrected chi connectivity index (χ2v) is 5.26. The van der Waals surface area contributed by atoms with Gasteiger partial charge in [-0.1, -0.05) is 10.2 Å². The average molecular weight is 412 g/mol. The third-order valence-electron chi connectivity index (χ3n) is 3.13. The number of azide groups is 2. The van der Waals surface area contributed by atoms with Crippen LogP contribution < -0.4 is 0 Å². The van der Waals surface area contributed by atoms with Gasteiger partial charge in [-0.05, 0) is 11.1 Å². The largest absolute Gasteiger partial charge is 0.441 e. The first-order chi connectivity index (χ1) is 14.3. The molecule has 14 heteroatoms. The Hall–Kier alpha value is -2.86. The minimum absolute atomic E-state index is 0.109. The van der Waals surface area contributed by atoms with Crippen molar-refractivity contribution in [3.63, 3.8) is 0 Å². The van der Waals surface area contributed by atoms with E-state index in [4.69, 9.17) is 34.7 Å². The fourth-order valence-corrected chi connectivity index (χ4v) is 1.86. The molecular weight excluding hydrogens is 388 g/mol. The summed E-state index contributed by atoms with van der Waals surface area (Å²) in [5.41, 5.74) is 16.3. The molecule has 14 nitrogen and oxygen atoms in total. The summed E-state index contributed by atoms with van der Waals surface area (Å²) in [5, 5.41) is 6.69. The number of ether oxygens (including phenoxy) is 5. The number of rotatable bonds is 17. The minimum atomic E-state index is -0.642. The molecule has 1 aromatic rings. The molecule has 29 heavy (non-hydrogen) atoms. The van der Waals surface area contributed by atoms with Gasteiger partial charge in [0.05, 0.1) is 52.9 Å². The Morgan fingerprint density at radius 1 is 0.931 bits per heavy atom. The van der Waals surface area contributed by atoms with Crippen molar-refractivity contribution in [3.05, 3.63) is 39.6 Å².